The molecule has 0 bridgehead atoms. The monoisotopic (exact) mass is 308 g/mol. The largest absolute Gasteiger partial charge is 0.203 e. The van der Waals surface area contributed by atoms with Crippen LogP contribution in [0.2, 0.25) is 0 Å². The SMILES string of the molecule is C=C.C=C(/C=C\C(=C)C(=C)/C(F)=C(/F)C(=C)CC)CC.CC. The number of allylic oxidation sites excluding steroid dienone is 8. The molecule has 0 aromatic heterocycles. The summed E-state index contributed by atoms with van der Waals surface area (Å²) in [4.78, 5) is 0. The average molecular weight is 308 g/mol. The average Bonchev–Trinajstić information content (AvgIpc) is 2.59. The maximum atomic E-state index is 13.7. The summed E-state index contributed by atoms with van der Waals surface area (Å²) < 4.78 is 27.2. The molecule has 0 aliphatic rings. The van der Waals surface area contributed by atoms with Crippen molar-refractivity contribution in [2.75, 3.05) is 0 Å². The maximum Gasteiger partial charge on any atom is 0.166 e. The molecule has 0 N–H and O–H groups in total. The minimum Gasteiger partial charge on any atom is -0.203 e. The van der Waals surface area contributed by atoms with Crippen molar-refractivity contribution in [2.24, 2.45) is 0 Å². The lowest BCUT2D eigenvalue weighted by molar-refractivity contribution is 0.554. The highest BCUT2D eigenvalue weighted by molar-refractivity contribution is 5.50. The van der Waals surface area contributed by atoms with Gasteiger partial charge in [0.1, 0.15) is 0 Å². The van der Waals surface area contributed by atoms with E-state index >= 15 is 0 Å². The molecular weight excluding hydrogens is 278 g/mol. The van der Waals surface area contributed by atoms with E-state index in [9.17, 15) is 8.78 Å². The van der Waals surface area contributed by atoms with E-state index in [2.05, 4.69) is 39.5 Å². The van der Waals surface area contributed by atoms with Crippen LogP contribution in [0, 0.1) is 0 Å². The van der Waals surface area contributed by atoms with Gasteiger partial charge in [-0.25, -0.2) is 8.78 Å². The standard InChI is InChI=1S/C16H20F2.C2H6.C2H4/c1-7-11(3)9-10-13(5)14(6)16(18)15(17)12(4)8-2;2*1-2/h9-10H,3-8H2,1-2H3;1-2H3;1-2H2/b10-9-,16-15-;;. The van der Waals surface area contributed by atoms with Crippen molar-refractivity contribution in [3.63, 3.8) is 0 Å². The predicted molar refractivity (Wildman–Crippen MR) is 98.1 cm³/mol. The predicted octanol–water partition coefficient (Wildman–Crippen LogP) is 7.57. The molecule has 0 spiro atoms. The summed E-state index contributed by atoms with van der Waals surface area (Å²) in [5.41, 5.74) is 1.25. The van der Waals surface area contributed by atoms with Gasteiger partial charge in [-0.1, -0.05) is 71.7 Å². The Hall–Kier alpha value is -1.96. The fourth-order valence-corrected chi connectivity index (χ4v) is 1.02. The number of hydrogen-bond donors (Lipinski definition) is 0. The molecule has 2 heteroatoms. The van der Waals surface area contributed by atoms with E-state index in [0.717, 1.165) is 12.0 Å². The molecule has 0 unspecified atom stereocenters. The minimum atomic E-state index is -1.00. The van der Waals surface area contributed by atoms with Crippen LogP contribution >= 0.6 is 0 Å². The van der Waals surface area contributed by atoms with Gasteiger partial charge in [0, 0.05) is 5.57 Å². The van der Waals surface area contributed by atoms with Gasteiger partial charge in [-0.3, -0.25) is 0 Å². The van der Waals surface area contributed by atoms with E-state index < -0.39 is 11.7 Å². The van der Waals surface area contributed by atoms with Crippen molar-refractivity contribution in [1.29, 1.82) is 0 Å². The van der Waals surface area contributed by atoms with E-state index in [1.54, 1.807) is 19.1 Å². The summed E-state index contributed by atoms with van der Waals surface area (Å²) in [7, 11) is 0. The van der Waals surface area contributed by atoms with E-state index in [1.165, 1.54) is 0 Å². The van der Waals surface area contributed by atoms with Crippen LogP contribution < -0.4 is 0 Å². The van der Waals surface area contributed by atoms with E-state index in [0.29, 0.717) is 12.0 Å². The van der Waals surface area contributed by atoms with E-state index in [-0.39, 0.29) is 11.1 Å². The summed E-state index contributed by atoms with van der Waals surface area (Å²) >= 11 is 0. The third-order valence-electron chi connectivity index (χ3n) is 2.56. The molecule has 0 aromatic carbocycles. The van der Waals surface area contributed by atoms with Gasteiger partial charge >= 0.3 is 0 Å². The smallest absolute Gasteiger partial charge is 0.166 e. The normalized spacial score (nSPS) is 10.5. The van der Waals surface area contributed by atoms with Crippen LogP contribution in [0.4, 0.5) is 8.78 Å². The first-order chi connectivity index (χ1) is 10.3. The summed E-state index contributed by atoms with van der Waals surface area (Å²) in [5, 5.41) is 0. The molecule has 0 saturated carbocycles. The zero-order chi connectivity index (χ0) is 18.3. The molecular formula is C20H30F2. The van der Waals surface area contributed by atoms with Crippen molar-refractivity contribution >= 4 is 0 Å². The van der Waals surface area contributed by atoms with Gasteiger partial charge in [0.25, 0.3) is 0 Å². The zero-order valence-electron chi connectivity index (χ0n) is 14.6. The molecule has 0 rings (SSSR count). The third-order valence-corrected chi connectivity index (χ3v) is 2.56. The summed E-state index contributed by atoms with van der Waals surface area (Å²) in [6.07, 6.45) is 4.43. The second kappa shape index (κ2) is 15.4. The van der Waals surface area contributed by atoms with E-state index in [4.69, 9.17) is 0 Å². The van der Waals surface area contributed by atoms with Crippen molar-refractivity contribution in [3.05, 3.63) is 85.6 Å². The van der Waals surface area contributed by atoms with Crippen molar-refractivity contribution in [3.8, 4) is 0 Å². The van der Waals surface area contributed by atoms with Crippen LogP contribution in [0.15, 0.2) is 85.6 Å². The highest BCUT2D eigenvalue weighted by atomic mass is 19.2. The molecule has 0 fully saturated rings. The molecule has 0 saturated heterocycles. The van der Waals surface area contributed by atoms with Crippen LogP contribution in [0.5, 0.6) is 0 Å². The first kappa shape index (κ1) is 25.0. The molecule has 0 aromatic rings. The Labute approximate surface area is 135 Å². The highest BCUT2D eigenvalue weighted by Gasteiger charge is 2.13. The molecule has 0 atom stereocenters. The van der Waals surface area contributed by atoms with Crippen LogP contribution in [-0.2, 0) is 0 Å². The van der Waals surface area contributed by atoms with Crippen LogP contribution in [-0.4, -0.2) is 0 Å². The molecule has 0 aliphatic carbocycles. The molecule has 124 valence electrons. The topological polar surface area (TPSA) is 0 Å². The number of rotatable bonds is 7. The Morgan fingerprint density at radius 2 is 1.27 bits per heavy atom. The Balaban J connectivity index is -0.000000826. The van der Waals surface area contributed by atoms with Gasteiger partial charge in [0.15, 0.2) is 11.7 Å². The molecule has 0 heterocycles. The Kier molecular flexibility index (Phi) is 17.5. The Morgan fingerprint density at radius 1 is 0.818 bits per heavy atom. The lowest BCUT2D eigenvalue weighted by atomic mass is 10.0. The van der Waals surface area contributed by atoms with Crippen molar-refractivity contribution in [2.45, 2.75) is 40.5 Å². The van der Waals surface area contributed by atoms with Gasteiger partial charge in [-0.2, -0.15) is 0 Å². The second-order valence-electron chi connectivity index (χ2n) is 3.93. The number of halogens is 2. The maximum absolute atomic E-state index is 13.7. The highest BCUT2D eigenvalue weighted by Crippen LogP contribution is 2.27. The second-order valence-corrected chi connectivity index (χ2v) is 3.93. The Morgan fingerprint density at radius 3 is 1.64 bits per heavy atom. The van der Waals surface area contributed by atoms with Crippen LogP contribution in [0.1, 0.15) is 40.5 Å². The van der Waals surface area contributed by atoms with Gasteiger partial charge in [0.2, 0.25) is 0 Å². The molecule has 0 aliphatic heterocycles. The zero-order valence-corrected chi connectivity index (χ0v) is 14.6. The number of hydrogen-bond acceptors (Lipinski definition) is 0. The summed E-state index contributed by atoms with van der Waals surface area (Å²) in [5.74, 6) is -1.95. The van der Waals surface area contributed by atoms with Gasteiger partial charge < -0.3 is 0 Å². The van der Waals surface area contributed by atoms with Crippen molar-refractivity contribution in [1.82, 2.24) is 0 Å². The molecule has 0 amide bonds. The fourth-order valence-electron chi connectivity index (χ4n) is 1.02. The van der Waals surface area contributed by atoms with E-state index in [1.807, 2.05) is 20.8 Å². The quantitative estimate of drug-likeness (QED) is 0.336. The lowest BCUT2D eigenvalue weighted by Crippen LogP contribution is -1.91. The van der Waals surface area contributed by atoms with Gasteiger partial charge in [-0.15, -0.1) is 13.2 Å². The summed E-state index contributed by atoms with van der Waals surface area (Å²) in [6.45, 7) is 28.0. The first-order valence-electron chi connectivity index (χ1n) is 7.32. The van der Waals surface area contributed by atoms with Gasteiger partial charge in [0.05, 0.1) is 0 Å². The fraction of sp³-hybridized carbons (Fsp3) is 0.300. The lowest BCUT2D eigenvalue weighted by Gasteiger charge is -2.06. The third kappa shape index (κ3) is 9.87. The minimum absolute atomic E-state index is 0.0674. The first-order valence-corrected chi connectivity index (χ1v) is 7.32. The van der Waals surface area contributed by atoms with Crippen LogP contribution in [0.3, 0.4) is 0 Å². The summed E-state index contributed by atoms with van der Waals surface area (Å²) in [6, 6.07) is 0. The van der Waals surface area contributed by atoms with Crippen LogP contribution in [0.25, 0.3) is 0 Å². The van der Waals surface area contributed by atoms with Crippen molar-refractivity contribution < 1.29 is 8.78 Å². The molecule has 0 nitrogen and oxygen atoms in total. The molecule has 22 heavy (non-hydrogen) atoms. The Bertz CT molecular complexity index is 448. The molecule has 0 radical (unpaired) electrons. The van der Waals surface area contributed by atoms with Gasteiger partial charge in [-0.05, 0) is 24.0 Å².